The van der Waals surface area contributed by atoms with E-state index in [-0.39, 0.29) is 11.8 Å². The molecule has 0 bridgehead atoms. The van der Waals surface area contributed by atoms with Crippen LogP contribution in [0, 0.1) is 0 Å². The molecule has 12 heavy (non-hydrogen) atoms. The predicted octanol–water partition coefficient (Wildman–Crippen LogP) is -0.0325. The molecule has 6 heteroatoms. The molecular weight excluding hydrogens is 178 g/mol. The van der Waals surface area contributed by atoms with Gasteiger partial charge in [-0.1, -0.05) is 4.49 Å². The van der Waals surface area contributed by atoms with Crippen LogP contribution in [0.15, 0.2) is 18.3 Å². The maximum atomic E-state index is 11.1. The molecule has 1 aliphatic heterocycles. The van der Waals surface area contributed by atoms with E-state index in [0.29, 0.717) is 5.00 Å². The Morgan fingerprint density at radius 3 is 2.42 bits per heavy atom. The van der Waals surface area contributed by atoms with E-state index in [2.05, 4.69) is 9.59 Å². The Hall–Kier alpha value is -1.56. The molecule has 0 saturated carbocycles. The highest BCUT2D eigenvalue weighted by Gasteiger charge is 2.26. The lowest BCUT2D eigenvalue weighted by Crippen LogP contribution is -2.28. The summed E-state index contributed by atoms with van der Waals surface area (Å²) in [5.74, 6) is -0.683. The van der Waals surface area contributed by atoms with Crippen LogP contribution < -0.4 is 4.90 Å². The smallest absolute Gasteiger partial charge is 0.258 e. The van der Waals surface area contributed by atoms with E-state index < -0.39 is 0 Å². The first-order valence-corrected chi connectivity index (χ1v) is 3.90. The molecule has 0 fully saturated rings. The quantitative estimate of drug-likeness (QED) is 0.570. The van der Waals surface area contributed by atoms with Gasteiger partial charge in [0.25, 0.3) is 11.8 Å². The van der Waals surface area contributed by atoms with E-state index >= 15 is 0 Å². The second-order valence-corrected chi connectivity index (χ2v) is 2.87. The van der Waals surface area contributed by atoms with E-state index in [1.54, 1.807) is 0 Å². The Kier molecular flexibility index (Phi) is 1.47. The average Bonchev–Trinajstić information content (AvgIpc) is 2.61. The molecule has 0 saturated heterocycles. The van der Waals surface area contributed by atoms with Crippen LogP contribution in [0.1, 0.15) is 0 Å². The fourth-order valence-corrected chi connectivity index (χ4v) is 1.41. The van der Waals surface area contributed by atoms with E-state index in [1.165, 1.54) is 18.3 Å². The summed E-state index contributed by atoms with van der Waals surface area (Å²) in [6, 6.07) is 0. The predicted molar refractivity (Wildman–Crippen MR) is 41.5 cm³/mol. The topological polar surface area (TPSA) is 63.2 Å². The van der Waals surface area contributed by atoms with Gasteiger partial charge in [-0.25, -0.2) is 4.90 Å². The zero-order valence-corrected chi connectivity index (χ0v) is 6.61. The van der Waals surface area contributed by atoms with E-state index in [1.807, 2.05) is 0 Å². The summed E-state index contributed by atoms with van der Waals surface area (Å²) in [6.45, 7) is 0. The fraction of sp³-hybridized carbons (Fsp3) is 0. The molecule has 1 aromatic heterocycles. The number of imide groups is 1. The molecule has 0 atom stereocenters. The van der Waals surface area contributed by atoms with Crippen molar-refractivity contribution < 1.29 is 9.59 Å². The number of carbonyl (C=O) groups is 2. The summed E-state index contributed by atoms with van der Waals surface area (Å²) in [5.41, 5.74) is 0. The summed E-state index contributed by atoms with van der Waals surface area (Å²) in [7, 11) is 0. The normalized spacial score (nSPS) is 16.2. The Morgan fingerprint density at radius 1 is 1.25 bits per heavy atom. The summed E-state index contributed by atoms with van der Waals surface area (Å²) < 4.78 is 3.55. The number of nitrogens with zero attached hydrogens (tertiary/aromatic N) is 3. The minimum absolute atomic E-state index is 0.342. The first-order chi connectivity index (χ1) is 5.79. The lowest BCUT2D eigenvalue weighted by Gasteiger charge is -2.07. The molecule has 5 nitrogen and oxygen atoms in total. The van der Waals surface area contributed by atoms with Crippen molar-refractivity contribution in [3.63, 3.8) is 0 Å². The molecule has 0 aromatic carbocycles. The van der Waals surface area contributed by atoms with Crippen molar-refractivity contribution in [3.8, 4) is 0 Å². The molecule has 0 N–H and O–H groups in total. The van der Waals surface area contributed by atoms with Crippen LogP contribution in [0.4, 0.5) is 5.00 Å². The first-order valence-electron chi connectivity index (χ1n) is 3.12. The highest BCUT2D eigenvalue weighted by molar-refractivity contribution is 7.10. The van der Waals surface area contributed by atoms with Gasteiger partial charge in [0, 0.05) is 23.7 Å². The van der Waals surface area contributed by atoms with Crippen molar-refractivity contribution in [1.29, 1.82) is 0 Å². The minimum atomic E-state index is -0.342. The van der Waals surface area contributed by atoms with Crippen LogP contribution in [-0.4, -0.2) is 21.4 Å². The Morgan fingerprint density at radius 2 is 1.92 bits per heavy atom. The molecule has 0 aliphatic carbocycles. The minimum Gasteiger partial charge on any atom is -0.269 e. The highest BCUT2D eigenvalue weighted by atomic mass is 32.1. The van der Waals surface area contributed by atoms with Crippen molar-refractivity contribution >= 4 is 28.3 Å². The number of hydrogen-bond acceptors (Lipinski definition) is 5. The van der Waals surface area contributed by atoms with E-state index in [9.17, 15) is 9.59 Å². The van der Waals surface area contributed by atoms with Gasteiger partial charge in [-0.15, -0.1) is 5.10 Å². The van der Waals surface area contributed by atoms with Crippen LogP contribution in [0.25, 0.3) is 0 Å². The second-order valence-electron chi connectivity index (χ2n) is 2.10. The van der Waals surface area contributed by atoms with Gasteiger partial charge in [-0.2, -0.15) is 0 Å². The van der Waals surface area contributed by atoms with Gasteiger partial charge >= 0.3 is 0 Å². The summed E-state index contributed by atoms with van der Waals surface area (Å²) >= 11 is 1.01. The first kappa shape index (κ1) is 7.11. The SMILES string of the molecule is O=C1C=CC(=O)N1c1cnns1. The summed E-state index contributed by atoms with van der Waals surface area (Å²) in [4.78, 5) is 23.1. The van der Waals surface area contributed by atoms with Gasteiger partial charge in [0.05, 0.1) is 6.20 Å². The van der Waals surface area contributed by atoms with E-state index in [0.717, 1.165) is 16.4 Å². The fourth-order valence-electron chi connectivity index (χ4n) is 0.878. The number of anilines is 1. The Balaban J connectivity index is 2.37. The second kappa shape index (κ2) is 2.49. The molecule has 0 unspecified atom stereocenters. The molecule has 2 heterocycles. The molecule has 60 valence electrons. The van der Waals surface area contributed by atoms with Crippen molar-refractivity contribution in [2.75, 3.05) is 4.90 Å². The number of rotatable bonds is 1. The summed E-state index contributed by atoms with van der Waals surface area (Å²) in [6.07, 6.45) is 3.83. The third-order valence-electron chi connectivity index (χ3n) is 1.38. The maximum absolute atomic E-state index is 11.1. The molecule has 0 radical (unpaired) electrons. The molecule has 2 amide bonds. The van der Waals surface area contributed by atoms with Crippen molar-refractivity contribution in [2.24, 2.45) is 0 Å². The molecular formula is C6H3N3O2S. The zero-order valence-electron chi connectivity index (χ0n) is 5.80. The zero-order chi connectivity index (χ0) is 8.55. The maximum Gasteiger partial charge on any atom is 0.258 e. The van der Waals surface area contributed by atoms with E-state index in [4.69, 9.17) is 0 Å². The van der Waals surface area contributed by atoms with Crippen LogP contribution in [-0.2, 0) is 9.59 Å². The van der Waals surface area contributed by atoms with Crippen molar-refractivity contribution in [3.05, 3.63) is 18.3 Å². The van der Waals surface area contributed by atoms with Crippen molar-refractivity contribution in [1.82, 2.24) is 9.59 Å². The van der Waals surface area contributed by atoms with Crippen LogP contribution >= 0.6 is 11.5 Å². The largest absolute Gasteiger partial charge is 0.269 e. The molecule has 1 aromatic rings. The lowest BCUT2D eigenvalue weighted by atomic mass is 10.6. The number of aromatic nitrogens is 2. The summed E-state index contributed by atoms with van der Waals surface area (Å²) in [5, 5.41) is 3.98. The van der Waals surface area contributed by atoms with Crippen LogP contribution in [0.2, 0.25) is 0 Å². The monoisotopic (exact) mass is 181 g/mol. The standard InChI is InChI=1S/C6H3N3O2S/c10-4-1-2-5(11)9(4)6-3-7-8-12-6/h1-3H. The van der Waals surface area contributed by atoms with Gasteiger partial charge in [-0.05, 0) is 0 Å². The number of amides is 2. The van der Waals surface area contributed by atoms with Gasteiger partial charge < -0.3 is 0 Å². The van der Waals surface area contributed by atoms with Gasteiger partial charge in [0.1, 0.15) is 5.00 Å². The van der Waals surface area contributed by atoms with Crippen LogP contribution in [0.3, 0.4) is 0 Å². The molecule has 0 spiro atoms. The van der Waals surface area contributed by atoms with Crippen LogP contribution in [0.5, 0.6) is 0 Å². The third-order valence-corrected chi connectivity index (χ3v) is 2.03. The Labute approximate surface area is 71.5 Å². The van der Waals surface area contributed by atoms with Gasteiger partial charge in [0.2, 0.25) is 0 Å². The average molecular weight is 181 g/mol. The van der Waals surface area contributed by atoms with Crippen molar-refractivity contribution in [2.45, 2.75) is 0 Å². The lowest BCUT2D eigenvalue weighted by molar-refractivity contribution is -0.119. The van der Waals surface area contributed by atoms with Gasteiger partial charge in [-0.3, -0.25) is 9.59 Å². The molecule has 2 rings (SSSR count). The highest BCUT2D eigenvalue weighted by Crippen LogP contribution is 2.20. The van der Waals surface area contributed by atoms with Gasteiger partial charge in [0.15, 0.2) is 0 Å². The number of hydrogen-bond donors (Lipinski definition) is 0. The third kappa shape index (κ3) is 0.928. The molecule has 1 aliphatic rings. The number of carbonyl (C=O) groups excluding carboxylic acids is 2. The Bertz CT molecular complexity index is 339.